The Balaban J connectivity index is 1.87. The van der Waals surface area contributed by atoms with E-state index in [-0.39, 0.29) is 18.4 Å². The van der Waals surface area contributed by atoms with Crippen molar-refractivity contribution in [2.75, 3.05) is 26.0 Å². The van der Waals surface area contributed by atoms with Crippen LogP contribution in [-0.4, -0.2) is 37.4 Å². The van der Waals surface area contributed by atoms with Gasteiger partial charge in [0.25, 0.3) is 0 Å². The van der Waals surface area contributed by atoms with Crippen LogP contribution in [0.1, 0.15) is 5.76 Å². The Bertz CT molecular complexity index is 692. The van der Waals surface area contributed by atoms with E-state index in [9.17, 15) is 9.59 Å². The highest BCUT2D eigenvalue weighted by molar-refractivity contribution is 5.97. The highest BCUT2D eigenvalue weighted by atomic mass is 16.5. The molecule has 1 aromatic carbocycles. The van der Waals surface area contributed by atoms with Gasteiger partial charge in [0, 0.05) is 24.9 Å². The van der Waals surface area contributed by atoms with E-state index in [0.29, 0.717) is 17.2 Å². The number of carbonyl (C=O) groups excluding carboxylic acids is 2. The second kappa shape index (κ2) is 7.84. The summed E-state index contributed by atoms with van der Waals surface area (Å²) < 4.78 is 10.2. The van der Waals surface area contributed by atoms with Gasteiger partial charge in [-0.3, -0.25) is 9.59 Å². The van der Waals surface area contributed by atoms with Crippen LogP contribution < -0.4 is 10.1 Å². The molecule has 0 radical (unpaired) electrons. The number of furan rings is 1. The third-order valence-electron chi connectivity index (χ3n) is 3.04. The maximum absolute atomic E-state index is 12.0. The third kappa shape index (κ3) is 5.03. The fraction of sp³-hybridized carbons (Fsp3) is 0.176. The predicted molar refractivity (Wildman–Crippen MR) is 87.0 cm³/mol. The van der Waals surface area contributed by atoms with Crippen LogP contribution in [0.5, 0.6) is 5.75 Å². The maximum Gasteiger partial charge on any atom is 0.246 e. The second-order valence-corrected chi connectivity index (χ2v) is 4.82. The number of rotatable bonds is 6. The quantitative estimate of drug-likeness (QED) is 0.831. The minimum Gasteiger partial charge on any atom is -0.497 e. The largest absolute Gasteiger partial charge is 0.497 e. The van der Waals surface area contributed by atoms with Crippen LogP contribution in [0.4, 0.5) is 5.69 Å². The number of nitrogens with one attached hydrogen (secondary N) is 1. The van der Waals surface area contributed by atoms with Crippen molar-refractivity contribution in [3.63, 3.8) is 0 Å². The topological polar surface area (TPSA) is 71.8 Å². The minimum atomic E-state index is -0.291. The average molecular weight is 314 g/mol. The molecule has 0 spiro atoms. The lowest BCUT2D eigenvalue weighted by Gasteiger charge is -2.15. The summed E-state index contributed by atoms with van der Waals surface area (Å²) in [5.74, 6) is 0.642. The van der Waals surface area contributed by atoms with Gasteiger partial charge in [-0.2, -0.15) is 0 Å². The summed E-state index contributed by atoms with van der Waals surface area (Å²) in [4.78, 5) is 25.2. The van der Waals surface area contributed by atoms with E-state index in [2.05, 4.69) is 5.32 Å². The van der Waals surface area contributed by atoms with E-state index in [1.54, 1.807) is 56.6 Å². The molecule has 0 unspecified atom stereocenters. The standard InChI is InChI=1S/C17H18N2O4/c1-19(17(21)9-8-14-7-4-10-23-14)12-16(20)18-13-5-3-6-15(11-13)22-2/h3-11H,12H2,1-2H3,(H,18,20)/b9-8+. The fourth-order valence-corrected chi connectivity index (χ4v) is 1.86. The lowest BCUT2D eigenvalue weighted by atomic mass is 10.3. The summed E-state index contributed by atoms with van der Waals surface area (Å²) in [6.45, 7) is -0.0570. The minimum absolute atomic E-state index is 0.0570. The normalized spacial score (nSPS) is 10.5. The zero-order chi connectivity index (χ0) is 16.7. The van der Waals surface area contributed by atoms with Gasteiger partial charge in [-0.25, -0.2) is 0 Å². The summed E-state index contributed by atoms with van der Waals surface area (Å²) >= 11 is 0. The molecule has 23 heavy (non-hydrogen) atoms. The van der Waals surface area contributed by atoms with E-state index in [1.165, 1.54) is 17.2 Å². The van der Waals surface area contributed by atoms with Gasteiger partial charge in [0.1, 0.15) is 11.5 Å². The van der Waals surface area contributed by atoms with Gasteiger partial charge >= 0.3 is 0 Å². The zero-order valence-electron chi connectivity index (χ0n) is 13.0. The fourth-order valence-electron chi connectivity index (χ4n) is 1.86. The smallest absolute Gasteiger partial charge is 0.246 e. The van der Waals surface area contributed by atoms with Crippen LogP contribution in [-0.2, 0) is 9.59 Å². The summed E-state index contributed by atoms with van der Waals surface area (Å²) in [6.07, 6.45) is 4.44. The molecular formula is C17H18N2O4. The number of benzene rings is 1. The molecule has 0 bridgehead atoms. The SMILES string of the molecule is COc1cccc(NC(=O)CN(C)C(=O)/C=C/c2ccco2)c1. The molecule has 0 atom stereocenters. The first-order valence-corrected chi connectivity index (χ1v) is 6.99. The second-order valence-electron chi connectivity index (χ2n) is 4.82. The monoisotopic (exact) mass is 314 g/mol. The molecule has 1 heterocycles. The average Bonchev–Trinajstić information content (AvgIpc) is 3.06. The van der Waals surface area contributed by atoms with Gasteiger partial charge in [-0.15, -0.1) is 0 Å². The van der Waals surface area contributed by atoms with Gasteiger partial charge in [0.15, 0.2) is 0 Å². The molecule has 0 saturated heterocycles. The lowest BCUT2D eigenvalue weighted by Crippen LogP contribution is -2.33. The highest BCUT2D eigenvalue weighted by Crippen LogP contribution is 2.16. The number of methoxy groups -OCH3 is 1. The Labute approximate surface area is 134 Å². The molecule has 0 fully saturated rings. The van der Waals surface area contributed by atoms with Crippen molar-refractivity contribution in [2.24, 2.45) is 0 Å². The van der Waals surface area contributed by atoms with Crippen molar-refractivity contribution in [3.05, 3.63) is 54.5 Å². The van der Waals surface area contributed by atoms with Gasteiger partial charge in [-0.1, -0.05) is 6.07 Å². The third-order valence-corrected chi connectivity index (χ3v) is 3.04. The molecule has 0 aliphatic heterocycles. The number of anilines is 1. The van der Waals surface area contributed by atoms with E-state index in [4.69, 9.17) is 9.15 Å². The van der Waals surface area contributed by atoms with Crippen molar-refractivity contribution in [1.82, 2.24) is 4.90 Å². The first-order chi connectivity index (χ1) is 11.1. The van der Waals surface area contributed by atoms with Crippen LogP contribution in [0, 0.1) is 0 Å². The number of likely N-dealkylation sites (N-methyl/N-ethyl adjacent to an activating group) is 1. The Hall–Kier alpha value is -3.02. The van der Waals surface area contributed by atoms with Gasteiger partial charge in [0.05, 0.1) is 19.9 Å². The van der Waals surface area contributed by atoms with Gasteiger partial charge in [0.2, 0.25) is 11.8 Å². The molecule has 0 aliphatic carbocycles. The Morgan fingerprint density at radius 3 is 2.83 bits per heavy atom. The van der Waals surface area contributed by atoms with Crippen molar-refractivity contribution >= 4 is 23.6 Å². The zero-order valence-corrected chi connectivity index (χ0v) is 13.0. The number of hydrogen-bond donors (Lipinski definition) is 1. The van der Waals surface area contributed by atoms with E-state index >= 15 is 0 Å². The molecule has 1 N–H and O–H groups in total. The molecule has 1 aromatic heterocycles. The molecule has 2 rings (SSSR count). The van der Waals surface area contributed by atoms with Crippen LogP contribution in [0.15, 0.2) is 53.2 Å². The molecule has 2 aromatic rings. The predicted octanol–water partition coefficient (Wildman–Crippen LogP) is 2.40. The molecular weight excluding hydrogens is 296 g/mol. The lowest BCUT2D eigenvalue weighted by molar-refractivity contribution is -0.129. The molecule has 120 valence electrons. The molecule has 0 saturated carbocycles. The summed E-state index contributed by atoms with van der Waals surface area (Å²) in [5.41, 5.74) is 0.612. The van der Waals surface area contributed by atoms with Crippen molar-refractivity contribution < 1.29 is 18.7 Å². The van der Waals surface area contributed by atoms with Crippen molar-refractivity contribution in [2.45, 2.75) is 0 Å². The van der Waals surface area contributed by atoms with Crippen LogP contribution in [0.2, 0.25) is 0 Å². The summed E-state index contributed by atoms with van der Waals surface area (Å²) in [6, 6.07) is 10.5. The first kappa shape index (κ1) is 16.4. The van der Waals surface area contributed by atoms with Crippen LogP contribution in [0.3, 0.4) is 0 Å². The molecule has 6 heteroatoms. The number of carbonyl (C=O) groups is 2. The van der Waals surface area contributed by atoms with Gasteiger partial charge < -0.3 is 19.4 Å². The molecule has 6 nitrogen and oxygen atoms in total. The highest BCUT2D eigenvalue weighted by Gasteiger charge is 2.11. The molecule has 0 aliphatic rings. The number of amides is 2. The van der Waals surface area contributed by atoms with E-state index in [0.717, 1.165) is 0 Å². The van der Waals surface area contributed by atoms with Gasteiger partial charge in [-0.05, 0) is 30.3 Å². The Morgan fingerprint density at radius 1 is 1.30 bits per heavy atom. The number of hydrogen-bond acceptors (Lipinski definition) is 4. The van der Waals surface area contributed by atoms with Crippen molar-refractivity contribution in [1.29, 1.82) is 0 Å². The molecule has 2 amide bonds. The van der Waals surface area contributed by atoms with E-state index < -0.39 is 0 Å². The Morgan fingerprint density at radius 2 is 2.13 bits per heavy atom. The Kier molecular flexibility index (Phi) is 5.57. The van der Waals surface area contributed by atoms with Crippen LogP contribution >= 0.6 is 0 Å². The summed E-state index contributed by atoms with van der Waals surface area (Å²) in [7, 11) is 3.11. The number of nitrogens with zero attached hydrogens (tertiary/aromatic N) is 1. The first-order valence-electron chi connectivity index (χ1n) is 6.99. The van der Waals surface area contributed by atoms with E-state index in [1.807, 2.05) is 0 Å². The maximum atomic E-state index is 12.0. The number of ether oxygens (including phenoxy) is 1. The summed E-state index contributed by atoms with van der Waals surface area (Å²) in [5, 5.41) is 2.72. The van der Waals surface area contributed by atoms with Crippen LogP contribution in [0.25, 0.3) is 6.08 Å². The van der Waals surface area contributed by atoms with Crippen molar-refractivity contribution in [3.8, 4) is 5.75 Å².